The van der Waals surface area contributed by atoms with Gasteiger partial charge in [0.15, 0.2) is 5.69 Å². The van der Waals surface area contributed by atoms with Gasteiger partial charge in [-0.3, -0.25) is 9.69 Å². The van der Waals surface area contributed by atoms with E-state index in [1.807, 2.05) is 4.68 Å². The van der Waals surface area contributed by atoms with Crippen LogP contribution in [0.4, 0.5) is 0 Å². The molecule has 3 heterocycles. The second kappa shape index (κ2) is 11.1. The number of amides is 1. The lowest BCUT2D eigenvalue weighted by Gasteiger charge is -2.35. The molecule has 0 saturated carbocycles. The van der Waals surface area contributed by atoms with Crippen LogP contribution < -0.4 is 10.6 Å². The number of carbonyl (C=O) groups is 1. The van der Waals surface area contributed by atoms with Crippen molar-refractivity contribution in [1.82, 2.24) is 30.5 Å². The monoisotopic (exact) mass is 406 g/mol. The van der Waals surface area contributed by atoms with Crippen molar-refractivity contribution < 1.29 is 4.79 Å². The Hall–Kier alpha value is -0.890. The van der Waals surface area contributed by atoms with E-state index >= 15 is 0 Å². The second-order valence-electron chi connectivity index (χ2n) is 7.37. The molecule has 0 spiro atoms. The van der Waals surface area contributed by atoms with Gasteiger partial charge in [0, 0.05) is 19.1 Å². The van der Waals surface area contributed by atoms with E-state index in [1.165, 1.54) is 12.8 Å². The van der Waals surface area contributed by atoms with Gasteiger partial charge in [-0.1, -0.05) is 12.1 Å². The molecule has 2 unspecified atom stereocenters. The minimum Gasteiger partial charge on any atom is -0.349 e. The zero-order valence-electron chi connectivity index (χ0n) is 15.7. The maximum atomic E-state index is 12.3. The molecule has 2 saturated heterocycles. The summed E-state index contributed by atoms with van der Waals surface area (Å²) in [4.78, 5) is 14.8. The summed E-state index contributed by atoms with van der Waals surface area (Å²) in [5.74, 6) is 0.633. The van der Waals surface area contributed by atoms with Crippen molar-refractivity contribution in [2.75, 3.05) is 32.7 Å². The molecule has 9 heteroatoms. The van der Waals surface area contributed by atoms with E-state index in [0.29, 0.717) is 24.3 Å². The Morgan fingerprint density at radius 2 is 2.08 bits per heavy atom. The molecule has 2 aliphatic heterocycles. The van der Waals surface area contributed by atoms with Gasteiger partial charge in [-0.2, -0.15) is 0 Å². The first-order chi connectivity index (χ1) is 11.6. The number of hydrogen-bond acceptors (Lipinski definition) is 5. The van der Waals surface area contributed by atoms with Gasteiger partial charge in [0.2, 0.25) is 0 Å². The first kappa shape index (κ1) is 23.1. The Morgan fingerprint density at radius 3 is 2.77 bits per heavy atom. The number of aromatic nitrogens is 3. The quantitative estimate of drug-likeness (QED) is 0.780. The first-order valence-electron chi connectivity index (χ1n) is 9.28. The Kier molecular flexibility index (Phi) is 9.85. The molecule has 2 aliphatic rings. The molecular formula is C17H32Cl2N6O. The highest BCUT2D eigenvalue weighted by molar-refractivity contribution is 5.91. The van der Waals surface area contributed by atoms with Gasteiger partial charge in [-0.05, 0) is 58.2 Å². The van der Waals surface area contributed by atoms with Crippen LogP contribution >= 0.6 is 24.8 Å². The van der Waals surface area contributed by atoms with Gasteiger partial charge in [0.1, 0.15) is 0 Å². The summed E-state index contributed by atoms with van der Waals surface area (Å²) in [7, 11) is 0. The van der Waals surface area contributed by atoms with Crippen molar-refractivity contribution in [2.24, 2.45) is 5.92 Å². The lowest BCUT2D eigenvalue weighted by molar-refractivity contribution is 0.0912. The molecule has 150 valence electrons. The molecule has 1 amide bonds. The molecule has 0 aromatic carbocycles. The van der Waals surface area contributed by atoms with Crippen molar-refractivity contribution in [3.63, 3.8) is 0 Å². The summed E-state index contributed by atoms with van der Waals surface area (Å²) < 4.78 is 1.85. The predicted molar refractivity (Wildman–Crippen MR) is 107 cm³/mol. The fourth-order valence-electron chi connectivity index (χ4n) is 3.72. The van der Waals surface area contributed by atoms with Gasteiger partial charge < -0.3 is 10.6 Å². The zero-order valence-corrected chi connectivity index (χ0v) is 17.3. The number of rotatable bonds is 5. The van der Waals surface area contributed by atoms with Crippen molar-refractivity contribution in [3.8, 4) is 0 Å². The molecule has 0 radical (unpaired) electrons. The van der Waals surface area contributed by atoms with E-state index < -0.39 is 0 Å². The summed E-state index contributed by atoms with van der Waals surface area (Å²) in [6.07, 6.45) is 6.43. The van der Waals surface area contributed by atoms with Crippen LogP contribution in [0, 0.1) is 5.92 Å². The van der Waals surface area contributed by atoms with Crippen molar-refractivity contribution in [1.29, 1.82) is 0 Å². The highest BCUT2D eigenvalue weighted by Gasteiger charge is 2.22. The maximum Gasteiger partial charge on any atom is 0.273 e. The average molecular weight is 407 g/mol. The Bertz CT molecular complexity index is 549. The van der Waals surface area contributed by atoms with E-state index in [0.717, 1.165) is 44.9 Å². The number of nitrogens with one attached hydrogen (secondary N) is 2. The average Bonchev–Trinajstić information content (AvgIpc) is 3.10. The molecule has 7 nitrogen and oxygen atoms in total. The molecule has 2 N–H and O–H groups in total. The minimum absolute atomic E-state index is 0. The number of hydrogen-bond donors (Lipinski definition) is 2. The van der Waals surface area contributed by atoms with Gasteiger partial charge in [0.25, 0.3) is 5.91 Å². The van der Waals surface area contributed by atoms with Crippen molar-refractivity contribution in [2.45, 2.75) is 51.6 Å². The Morgan fingerprint density at radius 1 is 1.35 bits per heavy atom. The summed E-state index contributed by atoms with van der Waals surface area (Å²) in [6.45, 7) is 9.40. The van der Waals surface area contributed by atoms with Crippen LogP contribution in [-0.4, -0.2) is 64.6 Å². The molecular weight excluding hydrogens is 375 g/mol. The molecule has 0 aliphatic carbocycles. The highest BCUT2D eigenvalue weighted by atomic mass is 35.5. The molecule has 2 fully saturated rings. The number of nitrogens with zero attached hydrogens (tertiary/aromatic N) is 4. The van der Waals surface area contributed by atoms with E-state index in [4.69, 9.17) is 0 Å². The first-order valence-corrected chi connectivity index (χ1v) is 9.28. The topological polar surface area (TPSA) is 75.1 Å². The minimum atomic E-state index is -0.118. The van der Waals surface area contributed by atoms with Crippen LogP contribution in [0.1, 0.15) is 56.1 Å². The van der Waals surface area contributed by atoms with E-state index in [1.54, 1.807) is 6.20 Å². The van der Waals surface area contributed by atoms with Crippen LogP contribution in [0.15, 0.2) is 6.20 Å². The highest BCUT2D eigenvalue weighted by Crippen LogP contribution is 2.18. The van der Waals surface area contributed by atoms with Crippen LogP contribution in [0.3, 0.4) is 0 Å². The third-order valence-corrected chi connectivity index (χ3v) is 5.30. The van der Waals surface area contributed by atoms with E-state index in [-0.39, 0.29) is 30.7 Å². The number of carbonyl (C=O) groups excluding carboxylic acids is 1. The fourth-order valence-corrected chi connectivity index (χ4v) is 3.72. The standard InChI is InChI=1S/C17H30N6O.2ClH/c1-13-4-3-9-22(11-13)14(2)10-19-17(24)16-12-23(21-20-16)15-5-7-18-8-6-15;;/h12-15,18H,3-11H2,1-2H3,(H,19,24);2*1H. The van der Waals surface area contributed by atoms with Crippen molar-refractivity contribution in [3.05, 3.63) is 11.9 Å². The number of likely N-dealkylation sites (tertiary alicyclic amines) is 1. The van der Waals surface area contributed by atoms with Gasteiger partial charge in [0.05, 0.1) is 12.2 Å². The van der Waals surface area contributed by atoms with Gasteiger partial charge >= 0.3 is 0 Å². The smallest absolute Gasteiger partial charge is 0.273 e. The summed E-state index contributed by atoms with van der Waals surface area (Å²) >= 11 is 0. The second-order valence-corrected chi connectivity index (χ2v) is 7.37. The van der Waals surface area contributed by atoms with E-state index in [2.05, 4.69) is 39.7 Å². The predicted octanol–water partition coefficient (Wildman–Crippen LogP) is 1.90. The van der Waals surface area contributed by atoms with E-state index in [9.17, 15) is 4.79 Å². The molecule has 0 bridgehead atoms. The number of halogens is 2. The third kappa shape index (κ3) is 6.08. The largest absolute Gasteiger partial charge is 0.349 e. The SMILES string of the molecule is CC1CCCN(C(C)CNC(=O)c2cn(C3CCNCC3)nn2)C1.Cl.Cl. The maximum absolute atomic E-state index is 12.3. The van der Waals surface area contributed by atoms with Gasteiger partial charge in [-0.25, -0.2) is 4.68 Å². The van der Waals surface area contributed by atoms with Crippen LogP contribution in [0.5, 0.6) is 0 Å². The third-order valence-electron chi connectivity index (χ3n) is 5.30. The lowest BCUT2D eigenvalue weighted by Crippen LogP contribution is -2.46. The molecule has 1 aromatic rings. The zero-order chi connectivity index (χ0) is 16.9. The lowest BCUT2D eigenvalue weighted by atomic mass is 9.99. The molecule has 1 aromatic heterocycles. The molecule has 2 atom stereocenters. The van der Waals surface area contributed by atoms with Gasteiger partial charge in [-0.15, -0.1) is 29.9 Å². The normalized spacial score (nSPS) is 22.8. The summed E-state index contributed by atoms with van der Waals surface area (Å²) in [6, 6.07) is 0.713. The van der Waals surface area contributed by atoms with Crippen LogP contribution in [-0.2, 0) is 0 Å². The molecule has 26 heavy (non-hydrogen) atoms. The molecule has 3 rings (SSSR count). The van der Waals surface area contributed by atoms with Crippen molar-refractivity contribution >= 4 is 30.7 Å². The number of piperidine rings is 2. The fraction of sp³-hybridized carbons (Fsp3) is 0.824. The van der Waals surface area contributed by atoms with Crippen LogP contribution in [0.2, 0.25) is 0 Å². The Balaban J connectivity index is 0.00000169. The Labute approximate surface area is 168 Å². The summed E-state index contributed by atoms with van der Waals surface area (Å²) in [5, 5.41) is 14.6. The van der Waals surface area contributed by atoms with Crippen LogP contribution in [0.25, 0.3) is 0 Å². The summed E-state index contributed by atoms with van der Waals surface area (Å²) in [5.41, 5.74) is 0.424.